The third kappa shape index (κ3) is 8.16. The zero-order valence-electron chi connectivity index (χ0n) is 41.7. The highest BCUT2D eigenvalue weighted by molar-refractivity contribution is 5.96. The van der Waals surface area contributed by atoms with Crippen LogP contribution >= 0.6 is 0 Å². The van der Waals surface area contributed by atoms with Crippen molar-refractivity contribution >= 4 is 28.2 Å². The number of hydrogen-bond donors (Lipinski definition) is 1. The van der Waals surface area contributed by atoms with E-state index in [0.717, 1.165) is 84.4 Å². The maximum absolute atomic E-state index is 15.9. The molecule has 0 spiro atoms. The molecule has 0 unspecified atom stereocenters. The molecule has 1 amide bonds. The van der Waals surface area contributed by atoms with Crippen molar-refractivity contribution in [3.63, 3.8) is 0 Å². The van der Waals surface area contributed by atoms with Gasteiger partial charge in [-0.15, -0.1) is 0 Å². The van der Waals surface area contributed by atoms with E-state index >= 15 is 17.6 Å². The normalized spacial score (nSPS) is 13.5. The van der Waals surface area contributed by atoms with Gasteiger partial charge in [0.1, 0.15) is 28.8 Å². The molecule has 74 heavy (non-hydrogen) atoms. The lowest BCUT2D eigenvalue weighted by Crippen LogP contribution is -2.59. The van der Waals surface area contributed by atoms with Crippen molar-refractivity contribution in [1.82, 2.24) is 29.3 Å². The largest absolute Gasteiger partial charge is 0.329 e. The number of para-hydroxylation sites is 2. The minimum Gasteiger partial charge on any atom is -0.329 e. The zero-order valence-corrected chi connectivity index (χ0v) is 41.7. The van der Waals surface area contributed by atoms with Crippen LogP contribution in [0.2, 0.25) is 0 Å². The van der Waals surface area contributed by atoms with E-state index in [1.165, 1.54) is 24.3 Å². The minimum atomic E-state index is -1.36. The summed E-state index contributed by atoms with van der Waals surface area (Å²) >= 11 is 0. The molecule has 0 saturated carbocycles. The van der Waals surface area contributed by atoms with Gasteiger partial charge in [0.25, 0.3) is 0 Å². The summed E-state index contributed by atoms with van der Waals surface area (Å²) in [6.45, 7) is 8.16. The second-order valence-corrected chi connectivity index (χ2v) is 19.4. The van der Waals surface area contributed by atoms with Gasteiger partial charge in [0.05, 0.1) is 22.4 Å². The fourth-order valence-electron chi connectivity index (χ4n) is 11.5. The molecule has 370 valence electrons. The average Bonchev–Trinajstić information content (AvgIpc) is 3.97. The Labute approximate surface area is 427 Å². The maximum Gasteiger partial charge on any atom is 0.210 e. The average molecular weight is 987 g/mol. The molecule has 1 N–H and O–H groups in total. The molecule has 0 atom stereocenters. The number of aromatic nitrogens is 4. The number of benzene rings is 6. The minimum absolute atomic E-state index is 0.233. The Kier molecular flexibility index (Phi) is 12.8. The predicted molar refractivity (Wildman–Crippen MR) is 284 cm³/mol. The second-order valence-electron chi connectivity index (χ2n) is 19.4. The number of hydrogen-bond acceptors (Lipinski definition) is 4. The van der Waals surface area contributed by atoms with Crippen LogP contribution in [-0.2, 0) is 36.0 Å². The molecule has 5 heterocycles. The Morgan fingerprint density at radius 1 is 0.500 bits per heavy atom. The van der Waals surface area contributed by atoms with Gasteiger partial charge in [-0.1, -0.05) is 84.9 Å². The van der Waals surface area contributed by atoms with Crippen LogP contribution in [0, 0.1) is 51.0 Å². The number of fused-ring (bicyclic) bond motifs is 2. The van der Waals surface area contributed by atoms with E-state index in [1.807, 2.05) is 102 Å². The number of halogens is 4. The van der Waals surface area contributed by atoms with Crippen molar-refractivity contribution in [2.75, 3.05) is 19.6 Å². The first-order valence-electron chi connectivity index (χ1n) is 25.0. The highest BCUT2D eigenvalue weighted by Gasteiger charge is 2.50. The highest BCUT2D eigenvalue weighted by atomic mass is 19.1. The number of rotatable bonds is 13. The van der Waals surface area contributed by atoms with E-state index in [4.69, 9.17) is 9.97 Å². The molecule has 6 aromatic carbocycles. The summed E-state index contributed by atoms with van der Waals surface area (Å²) in [5.74, 6) is -1.32. The van der Waals surface area contributed by atoms with Crippen LogP contribution in [0.4, 0.5) is 17.6 Å². The molecule has 0 aliphatic carbocycles. The van der Waals surface area contributed by atoms with E-state index in [-0.39, 0.29) is 55.5 Å². The summed E-state index contributed by atoms with van der Waals surface area (Å²) in [6, 6.07) is 44.4. The molecule has 1 aliphatic heterocycles. The van der Waals surface area contributed by atoms with Gasteiger partial charge in [0, 0.05) is 102 Å². The fraction of sp³-hybridized carbons (Fsp3) is 0.190. The summed E-state index contributed by atoms with van der Waals surface area (Å²) in [7, 11) is 0. The van der Waals surface area contributed by atoms with E-state index in [0.29, 0.717) is 46.7 Å². The van der Waals surface area contributed by atoms with Crippen molar-refractivity contribution in [1.29, 1.82) is 0 Å². The monoisotopic (exact) mass is 986 g/mol. The van der Waals surface area contributed by atoms with Gasteiger partial charge in [-0.25, -0.2) is 17.6 Å². The van der Waals surface area contributed by atoms with Crippen LogP contribution < -0.4 is 5.32 Å². The number of piperazine rings is 1. The lowest BCUT2D eigenvalue weighted by atomic mass is 9.75. The molecule has 0 bridgehead atoms. The first-order valence-corrected chi connectivity index (χ1v) is 25.0. The van der Waals surface area contributed by atoms with Gasteiger partial charge in [-0.3, -0.25) is 14.8 Å². The number of carbonyl (C=O) groups is 1. The Balaban J connectivity index is 1.35. The second kappa shape index (κ2) is 19.7. The Hall–Kier alpha value is -8.15. The van der Waals surface area contributed by atoms with Gasteiger partial charge in [0.2, 0.25) is 6.41 Å². The van der Waals surface area contributed by atoms with E-state index in [1.54, 1.807) is 64.4 Å². The van der Waals surface area contributed by atoms with E-state index in [2.05, 4.69) is 14.5 Å². The highest BCUT2D eigenvalue weighted by Crippen LogP contribution is 2.51. The molecule has 1 saturated heterocycles. The molecule has 7 nitrogen and oxygen atoms in total. The number of nitrogens with zero attached hydrogens (tertiary/aromatic N) is 5. The molecule has 0 radical (unpaired) electrons. The molecule has 11 rings (SSSR count). The van der Waals surface area contributed by atoms with Crippen LogP contribution in [0.25, 0.3) is 33.2 Å². The fourth-order valence-corrected chi connectivity index (χ4v) is 11.5. The molecular weight excluding hydrogens is 933 g/mol. The maximum atomic E-state index is 15.9. The van der Waals surface area contributed by atoms with Gasteiger partial charge in [0.15, 0.2) is 0 Å². The molecule has 10 aromatic rings. The van der Waals surface area contributed by atoms with Crippen LogP contribution in [0.3, 0.4) is 0 Å². The molecule has 11 heteroatoms. The number of carbonyl (C=O) groups excluding carboxylic acids is 1. The molecule has 1 fully saturated rings. The Morgan fingerprint density at radius 2 is 0.878 bits per heavy atom. The third-order valence-electron chi connectivity index (χ3n) is 15.4. The lowest BCUT2D eigenvalue weighted by molar-refractivity contribution is -0.124. The summed E-state index contributed by atoms with van der Waals surface area (Å²) in [5.41, 5.74) is 11.4. The summed E-state index contributed by atoms with van der Waals surface area (Å²) in [4.78, 5) is 26.6. The smallest absolute Gasteiger partial charge is 0.210 e. The van der Waals surface area contributed by atoms with Gasteiger partial charge in [-0.2, -0.15) is 0 Å². The molecular formula is C63H54F4N6O. The first-order chi connectivity index (χ1) is 36.0. The standard InChI is InChI=1S/C63H54F4N6O/c1-39-43(15-11-23-51(39)64)33-55-61-49(27-29-69-55)59(57(72(61)47-19-7-5-8-20-47)35-45-17-13-25-53(66)41(45)3)63(37-68-31-32-71(63)38-74)60-50-28-30-70-56(34-44-16-12-24-52(65)40(44)2)62(50)73(48-21-9-6-10-22-48)58(60)36-46-18-14-26-54(67)42(46)4/h5-30,38,68H,31-37H2,1-4H3. The van der Waals surface area contributed by atoms with Crippen LogP contribution in [0.15, 0.2) is 158 Å². The molecule has 1 aliphatic rings. The topological polar surface area (TPSA) is 68.0 Å². The van der Waals surface area contributed by atoms with Crippen LogP contribution in [0.1, 0.15) is 78.4 Å². The van der Waals surface area contributed by atoms with Crippen molar-refractivity contribution < 1.29 is 22.4 Å². The van der Waals surface area contributed by atoms with Gasteiger partial charge >= 0.3 is 0 Å². The molecule has 4 aromatic heterocycles. The van der Waals surface area contributed by atoms with Crippen molar-refractivity contribution in [3.05, 3.63) is 260 Å². The van der Waals surface area contributed by atoms with E-state index in [9.17, 15) is 4.79 Å². The predicted octanol–water partition coefficient (Wildman–Crippen LogP) is 12.8. The summed E-state index contributed by atoms with van der Waals surface area (Å²) < 4.78 is 67.1. The Bertz CT molecular complexity index is 3540. The summed E-state index contributed by atoms with van der Waals surface area (Å²) in [6.07, 6.45) is 5.53. The van der Waals surface area contributed by atoms with Crippen LogP contribution in [0.5, 0.6) is 0 Å². The number of pyridine rings is 2. The summed E-state index contributed by atoms with van der Waals surface area (Å²) in [5, 5.41) is 5.36. The van der Waals surface area contributed by atoms with Crippen molar-refractivity contribution in [2.45, 2.75) is 58.9 Å². The third-order valence-corrected chi connectivity index (χ3v) is 15.4. The quantitative estimate of drug-likeness (QED) is 0.0923. The van der Waals surface area contributed by atoms with Gasteiger partial charge in [-0.05, 0) is 133 Å². The van der Waals surface area contributed by atoms with Crippen LogP contribution in [-0.4, -0.2) is 50.0 Å². The van der Waals surface area contributed by atoms with Crippen molar-refractivity contribution in [2.24, 2.45) is 0 Å². The first kappa shape index (κ1) is 48.1. The number of amides is 1. The lowest BCUT2D eigenvalue weighted by Gasteiger charge is -2.47. The SMILES string of the molecule is Cc1c(F)cccc1Cc1nccc2c(C3(c4c(Cc5cccc(F)c5C)n(-c5ccccc5)c5c(Cc6cccc(F)c6C)nccc45)CNCCN3C=O)c(Cc3cccc(F)c3C)n(-c3ccccc3)c12. The van der Waals surface area contributed by atoms with E-state index < -0.39 is 5.54 Å². The Morgan fingerprint density at radius 3 is 1.26 bits per heavy atom. The van der Waals surface area contributed by atoms with Gasteiger partial charge < -0.3 is 19.4 Å². The number of nitrogens with one attached hydrogen (secondary N) is 1. The zero-order chi connectivity index (χ0) is 51.3. The van der Waals surface area contributed by atoms with Crippen molar-refractivity contribution in [3.8, 4) is 11.4 Å².